The van der Waals surface area contributed by atoms with E-state index in [0.717, 1.165) is 23.1 Å². The Morgan fingerprint density at radius 1 is 1.38 bits per heavy atom. The molecule has 0 aliphatic heterocycles. The number of amides is 1. The summed E-state index contributed by atoms with van der Waals surface area (Å²) < 4.78 is 2.10. The zero-order valence-electron chi connectivity index (χ0n) is 11.9. The number of thioether (sulfide) groups is 1. The molecule has 1 fully saturated rings. The number of nitrogens with two attached hydrogens (primary N) is 1. The number of carbonyl (C=O) groups is 1. The van der Waals surface area contributed by atoms with E-state index in [-0.39, 0.29) is 5.91 Å². The monoisotopic (exact) mass is 302 g/mol. The zero-order chi connectivity index (χ0) is 14.8. The maximum absolute atomic E-state index is 11.8. The molecular formula is C15H18N4OS. The summed E-state index contributed by atoms with van der Waals surface area (Å²) in [5.74, 6) is 1.22. The second-order valence-electron chi connectivity index (χ2n) is 5.17. The van der Waals surface area contributed by atoms with Crippen LogP contribution in [-0.4, -0.2) is 20.7 Å². The van der Waals surface area contributed by atoms with Crippen molar-refractivity contribution in [3.8, 4) is 0 Å². The molecule has 21 heavy (non-hydrogen) atoms. The van der Waals surface area contributed by atoms with Crippen molar-refractivity contribution in [2.24, 2.45) is 5.73 Å². The molecule has 1 heterocycles. The minimum Gasteiger partial charge on any atom is -0.368 e. The van der Waals surface area contributed by atoms with Crippen molar-refractivity contribution in [3.63, 3.8) is 0 Å². The van der Waals surface area contributed by atoms with Crippen molar-refractivity contribution in [2.75, 3.05) is 0 Å². The van der Waals surface area contributed by atoms with Crippen LogP contribution < -0.4 is 5.73 Å². The summed E-state index contributed by atoms with van der Waals surface area (Å²) >= 11 is 1.38. The lowest BCUT2D eigenvalue weighted by Crippen LogP contribution is -2.19. The predicted molar refractivity (Wildman–Crippen MR) is 81.9 cm³/mol. The van der Waals surface area contributed by atoms with Gasteiger partial charge < -0.3 is 10.3 Å². The van der Waals surface area contributed by atoms with Crippen molar-refractivity contribution in [1.82, 2.24) is 14.8 Å². The Labute approximate surface area is 127 Å². The molecule has 0 radical (unpaired) electrons. The highest BCUT2D eigenvalue weighted by Gasteiger charge is 2.31. The van der Waals surface area contributed by atoms with Crippen molar-refractivity contribution in [1.29, 1.82) is 0 Å². The quantitative estimate of drug-likeness (QED) is 0.832. The molecule has 1 amide bonds. The molecule has 1 aromatic carbocycles. The second-order valence-corrected chi connectivity index (χ2v) is 6.24. The fourth-order valence-corrected chi connectivity index (χ4v) is 3.41. The van der Waals surface area contributed by atoms with Crippen LogP contribution in [0.4, 0.5) is 0 Å². The molecule has 1 atom stereocenters. The highest BCUT2D eigenvalue weighted by molar-refractivity contribution is 8.00. The van der Waals surface area contributed by atoms with Gasteiger partial charge in [-0.1, -0.05) is 42.1 Å². The maximum Gasteiger partial charge on any atom is 0.235 e. The maximum atomic E-state index is 11.8. The molecule has 1 aliphatic rings. The van der Waals surface area contributed by atoms with Crippen LogP contribution in [0.3, 0.4) is 0 Å². The van der Waals surface area contributed by atoms with E-state index in [9.17, 15) is 4.79 Å². The van der Waals surface area contributed by atoms with Gasteiger partial charge in [-0.2, -0.15) is 0 Å². The van der Waals surface area contributed by atoms with Crippen LogP contribution in [0.2, 0.25) is 0 Å². The molecule has 2 N–H and O–H groups in total. The summed E-state index contributed by atoms with van der Waals surface area (Å²) in [5, 5.41) is 8.89. The number of carbonyl (C=O) groups excluding carboxylic acids is 1. The van der Waals surface area contributed by atoms with Crippen LogP contribution in [-0.2, 0) is 11.3 Å². The van der Waals surface area contributed by atoms with Gasteiger partial charge >= 0.3 is 0 Å². The highest BCUT2D eigenvalue weighted by atomic mass is 32.2. The summed E-state index contributed by atoms with van der Waals surface area (Å²) in [6.45, 7) is 2.88. The van der Waals surface area contributed by atoms with Gasteiger partial charge in [0.1, 0.15) is 11.1 Å². The summed E-state index contributed by atoms with van der Waals surface area (Å²) in [5.41, 5.74) is 6.47. The average molecular weight is 302 g/mol. The molecular weight excluding hydrogens is 284 g/mol. The van der Waals surface area contributed by atoms with Crippen molar-refractivity contribution in [3.05, 3.63) is 41.7 Å². The number of hydrogen-bond acceptors (Lipinski definition) is 4. The summed E-state index contributed by atoms with van der Waals surface area (Å²) in [6.07, 6.45) is 2.36. The van der Waals surface area contributed by atoms with E-state index < -0.39 is 5.25 Å². The first-order valence-electron chi connectivity index (χ1n) is 7.14. The van der Waals surface area contributed by atoms with Gasteiger partial charge in [0.2, 0.25) is 5.91 Å². The van der Waals surface area contributed by atoms with Crippen LogP contribution in [0, 0.1) is 0 Å². The van der Waals surface area contributed by atoms with Gasteiger partial charge in [0.05, 0.1) is 0 Å². The van der Waals surface area contributed by atoms with Gasteiger partial charge in [0.15, 0.2) is 5.16 Å². The van der Waals surface area contributed by atoms with Gasteiger partial charge in [-0.25, -0.2) is 0 Å². The lowest BCUT2D eigenvalue weighted by molar-refractivity contribution is -0.117. The topological polar surface area (TPSA) is 73.8 Å². The summed E-state index contributed by atoms with van der Waals surface area (Å²) in [6, 6.07) is 9.57. The summed E-state index contributed by atoms with van der Waals surface area (Å²) in [7, 11) is 0. The summed E-state index contributed by atoms with van der Waals surface area (Å²) in [4.78, 5) is 11.8. The third kappa shape index (κ3) is 2.95. The normalized spacial score (nSPS) is 15.9. The first-order chi connectivity index (χ1) is 10.2. The van der Waals surface area contributed by atoms with Crippen LogP contribution >= 0.6 is 11.8 Å². The first-order valence-corrected chi connectivity index (χ1v) is 8.02. The van der Waals surface area contributed by atoms with E-state index in [2.05, 4.69) is 21.7 Å². The van der Waals surface area contributed by atoms with Gasteiger partial charge in [-0.3, -0.25) is 4.79 Å². The number of benzene rings is 1. The molecule has 3 rings (SSSR count). The SMILES string of the molecule is CCn1c(SC(C(N)=O)c2ccccc2)nnc1C1CC1. The number of primary amides is 1. The number of nitrogens with zero attached hydrogens (tertiary/aromatic N) is 3. The number of hydrogen-bond donors (Lipinski definition) is 1. The Morgan fingerprint density at radius 3 is 2.67 bits per heavy atom. The molecule has 2 aromatic rings. The second kappa shape index (κ2) is 5.89. The minimum atomic E-state index is -0.437. The predicted octanol–water partition coefficient (Wildman–Crippen LogP) is 2.49. The van der Waals surface area contributed by atoms with Crippen LogP contribution in [0.25, 0.3) is 0 Å². The molecule has 0 spiro atoms. The zero-order valence-corrected chi connectivity index (χ0v) is 12.7. The van der Waals surface area contributed by atoms with Crippen LogP contribution in [0.1, 0.15) is 42.3 Å². The van der Waals surface area contributed by atoms with Crippen molar-refractivity contribution >= 4 is 17.7 Å². The standard InChI is InChI=1S/C15H18N4OS/c1-2-19-14(11-8-9-11)17-18-15(19)21-12(13(16)20)10-6-4-3-5-7-10/h3-7,11-12H,2,8-9H2,1H3,(H2,16,20). The smallest absolute Gasteiger partial charge is 0.235 e. The molecule has 0 saturated heterocycles. The number of rotatable bonds is 6. The van der Waals surface area contributed by atoms with E-state index in [1.54, 1.807) is 0 Å². The molecule has 0 bridgehead atoms. The Balaban J connectivity index is 1.88. The lowest BCUT2D eigenvalue weighted by atomic mass is 10.1. The van der Waals surface area contributed by atoms with Crippen molar-refractivity contribution in [2.45, 2.75) is 42.6 Å². The lowest BCUT2D eigenvalue weighted by Gasteiger charge is -2.13. The minimum absolute atomic E-state index is 0.357. The van der Waals surface area contributed by atoms with Crippen LogP contribution in [0.5, 0.6) is 0 Å². The fraction of sp³-hybridized carbons (Fsp3) is 0.400. The van der Waals surface area contributed by atoms with Crippen LogP contribution in [0.15, 0.2) is 35.5 Å². The molecule has 6 heteroatoms. The van der Waals surface area contributed by atoms with Gasteiger partial charge in [0.25, 0.3) is 0 Å². The molecule has 5 nitrogen and oxygen atoms in total. The van der Waals surface area contributed by atoms with Gasteiger partial charge in [-0.05, 0) is 25.3 Å². The fourth-order valence-electron chi connectivity index (χ4n) is 2.35. The van der Waals surface area contributed by atoms with E-state index in [0.29, 0.717) is 5.92 Å². The number of aromatic nitrogens is 3. The van der Waals surface area contributed by atoms with Crippen molar-refractivity contribution < 1.29 is 4.79 Å². The molecule has 1 aliphatic carbocycles. The molecule has 1 unspecified atom stereocenters. The third-order valence-electron chi connectivity index (χ3n) is 3.59. The first kappa shape index (κ1) is 14.1. The average Bonchev–Trinajstić information content (AvgIpc) is 3.26. The third-order valence-corrected chi connectivity index (χ3v) is 4.84. The Morgan fingerprint density at radius 2 is 2.10 bits per heavy atom. The van der Waals surface area contributed by atoms with E-state index in [1.807, 2.05) is 30.3 Å². The van der Waals surface area contributed by atoms with Gasteiger partial charge in [-0.15, -0.1) is 10.2 Å². The van der Waals surface area contributed by atoms with E-state index in [4.69, 9.17) is 5.73 Å². The molecule has 110 valence electrons. The Hall–Kier alpha value is -1.82. The Kier molecular flexibility index (Phi) is 3.96. The Bertz CT molecular complexity index is 636. The van der Waals surface area contributed by atoms with E-state index in [1.165, 1.54) is 24.6 Å². The van der Waals surface area contributed by atoms with Gasteiger partial charge in [0, 0.05) is 12.5 Å². The molecule has 1 saturated carbocycles. The highest BCUT2D eigenvalue weighted by Crippen LogP contribution is 2.41. The molecule has 1 aromatic heterocycles. The largest absolute Gasteiger partial charge is 0.368 e. The van der Waals surface area contributed by atoms with E-state index >= 15 is 0 Å².